The second kappa shape index (κ2) is 7.15. The largest absolute Gasteiger partial charge is 0.441 e. The summed E-state index contributed by atoms with van der Waals surface area (Å²) in [6.45, 7) is 1.09. The van der Waals surface area contributed by atoms with Crippen molar-refractivity contribution in [1.29, 1.82) is 0 Å². The lowest BCUT2D eigenvalue weighted by molar-refractivity contribution is -0.136. The molecule has 0 bridgehead atoms. The number of rotatable bonds is 2. The summed E-state index contributed by atoms with van der Waals surface area (Å²) in [4.78, 5) is 19.1. The van der Waals surface area contributed by atoms with E-state index in [-0.39, 0.29) is 30.3 Å². The number of aliphatic hydroxyl groups excluding tert-OH is 1. The lowest BCUT2D eigenvalue weighted by atomic mass is 10.0. The fourth-order valence-electron chi connectivity index (χ4n) is 3.60. The summed E-state index contributed by atoms with van der Waals surface area (Å²) < 4.78 is 5.87. The van der Waals surface area contributed by atoms with Crippen LogP contribution in [0.5, 0.6) is 0 Å². The van der Waals surface area contributed by atoms with E-state index < -0.39 is 6.10 Å². The molecule has 2 heterocycles. The van der Waals surface area contributed by atoms with Crippen LogP contribution >= 0.6 is 12.4 Å². The predicted octanol–water partition coefficient (Wildman–Crippen LogP) is 1.75. The lowest BCUT2D eigenvalue weighted by Gasteiger charge is -2.27. The highest BCUT2D eigenvalue weighted by Crippen LogP contribution is 2.30. The third-order valence-electron chi connectivity index (χ3n) is 4.99. The minimum absolute atomic E-state index is 0. The first kappa shape index (κ1) is 17.9. The number of oxazole rings is 1. The zero-order chi connectivity index (χ0) is 16.7. The van der Waals surface area contributed by atoms with Gasteiger partial charge >= 0.3 is 0 Å². The predicted molar refractivity (Wildman–Crippen MR) is 95.0 cm³/mol. The van der Waals surface area contributed by atoms with Crippen molar-refractivity contribution in [3.63, 3.8) is 0 Å². The van der Waals surface area contributed by atoms with Crippen LogP contribution in [0.15, 0.2) is 34.7 Å². The van der Waals surface area contributed by atoms with Crippen molar-refractivity contribution in [2.75, 3.05) is 6.54 Å². The van der Waals surface area contributed by atoms with Gasteiger partial charge in [-0.1, -0.05) is 18.2 Å². The summed E-state index contributed by atoms with van der Waals surface area (Å²) in [5.41, 5.74) is 7.60. The van der Waals surface area contributed by atoms with Crippen molar-refractivity contribution in [1.82, 2.24) is 9.88 Å². The van der Waals surface area contributed by atoms with Crippen molar-refractivity contribution in [2.45, 2.75) is 38.0 Å². The zero-order valence-electron chi connectivity index (χ0n) is 13.8. The summed E-state index contributed by atoms with van der Waals surface area (Å²) in [6.07, 6.45) is 1.10. The molecule has 1 aromatic heterocycles. The highest BCUT2D eigenvalue weighted by atomic mass is 35.5. The summed E-state index contributed by atoms with van der Waals surface area (Å²) in [5.74, 6) is 1.35. The van der Waals surface area contributed by atoms with E-state index in [0.29, 0.717) is 38.2 Å². The SMILES string of the molecule is Cl.N[C@@H]1C[C@H](C(=O)N2CCc3oc(-c4ccccc4)nc3C2)C[C@H]1O. The molecule has 0 unspecified atom stereocenters. The topological polar surface area (TPSA) is 92.6 Å². The zero-order valence-corrected chi connectivity index (χ0v) is 14.6. The van der Waals surface area contributed by atoms with Gasteiger partial charge in [0.2, 0.25) is 11.8 Å². The molecule has 3 N–H and O–H groups in total. The number of nitrogens with two attached hydrogens (primary N) is 1. The van der Waals surface area contributed by atoms with E-state index in [1.807, 2.05) is 35.2 Å². The quantitative estimate of drug-likeness (QED) is 0.847. The smallest absolute Gasteiger partial charge is 0.226 e. The second-order valence-electron chi connectivity index (χ2n) is 6.66. The molecule has 1 aliphatic carbocycles. The van der Waals surface area contributed by atoms with E-state index in [4.69, 9.17) is 10.2 Å². The van der Waals surface area contributed by atoms with Crippen LogP contribution in [0.4, 0.5) is 0 Å². The first-order chi connectivity index (χ1) is 11.6. The molecular weight excluding hydrogens is 342 g/mol. The molecule has 7 heteroatoms. The normalized spacial score (nSPS) is 25.4. The Morgan fingerprint density at radius 2 is 2.04 bits per heavy atom. The van der Waals surface area contributed by atoms with E-state index in [2.05, 4.69) is 4.98 Å². The number of halogens is 1. The van der Waals surface area contributed by atoms with Crippen LogP contribution in [0, 0.1) is 5.92 Å². The Hall–Kier alpha value is -1.89. The molecular formula is C18H22ClN3O3. The molecule has 1 fully saturated rings. The fraction of sp³-hybridized carbons (Fsp3) is 0.444. The molecule has 3 atom stereocenters. The van der Waals surface area contributed by atoms with Crippen molar-refractivity contribution in [3.05, 3.63) is 41.8 Å². The molecule has 2 aromatic rings. The van der Waals surface area contributed by atoms with Crippen LogP contribution in [0.3, 0.4) is 0 Å². The number of aromatic nitrogens is 1. The molecule has 1 aromatic carbocycles. The van der Waals surface area contributed by atoms with Gasteiger partial charge in [0.1, 0.15) is 11.5 Å². The number of carbonyl (C=O) groups excluding carboxylic acids is 1. The lowest BCUT2D eigenvalue weighted by Crippen LogP contribution is -2.39. The molecule has 4 rings (SSSR count). The maximum absolute atomic E-state index is 12.7. The molecule has 0 spiro atoms. The number of aliphatic hydroxyl groups is 1. The Morgan fingerprint density at radius 1 is 1.28 bits per heavy atom. The number of hydrogen-bond donors (Lipinski definition) is 2. The number of nitrogens with zero attached hydrogens (tertiary/aromatic N) is 2. The molecule has 0 saturated heterocycles. The van der Waals surface area contributed by atoms with Crippen LogP contribution in [0.2, 0.25) is 0 Å². The van der Waals surface area contributed by atoms with Gasteiger partial charge in [-0.15, -0.1) is 12.4 Å². The molecule has 1 saturated carbocycles. The highest BCUT2D eigenvalue weighted by Gasteiger charge is 2.38. The average Bonchev–Trinajstić information content (AvgIpc) is 3.18. The van der Waals surface area contributed by atoms with Gasteiger partial charge in [0.25, 0.3) is 0 Å². The van der Waals surface area contributed by atoms with Gasteiger partial charge in [-0.25, -0.2) is 4.98 Å². The number of fused-ring (bicyclic) bond motifs is 1. The Bertz CT molecular complexity index is 739. The van der Waals surface area contributed by atoms with Gasteiger partial charge < -0.3 is 20.2 Å². The molecule has 25 heavy (non-hydrogen) atoms. The van der Waals surface area contributed by atoms with Crippen molar-refractivity contribution >= 4 is 18.3 Å². The minimum Gasteiger partial charge on any atom is -0.441 e. The third-order valence-corrected chi connectivity index (χ3v) is 4.99. The summed E-state index contributed by atoms with van der Waals surface area (Å²) in [5, 5.41) is 9.78. The number of hydrogen-bond acceptors (Lipinski definition) is 5. The molecule has 0 radical (unpaired) electrons. The third kappa shape index (κ3) is 3.42. The van der Waals surface area contributed by atoms with Crippen LogP contribution in [-0.4, -0.2) is 39.6 Å². The van der Waals surface area contributed by atoms with Gasteiger partial charge in [0.05, 0.1) is 12.6 Å². The number of amides is 1. The van der Waals surface area contributed by atoms with E-state index in [1.54, 1.807) is 0 Å². The van der Waals surface area contributed by atoms with Crippen LogP contribution < -0.4 is 5.73 Å². The Kier molecular flexibility index (Phi) is 5.13. The Labute approximate surface area is 152 Å². The number of benzene rings is 1. The molecule has 2 aliphatic rings. The van der Waals surface area contributed by atoms with Gasteiger partial charge in [-0.2, -0.15) is 0 Å². The maximum Gasteiger partial charge on any atom is 0.226 e. The molecule has 134 valence electrons. The van der Waals surface area contributed by atoms with Crippen LogP contribution in [0.25, 0.3) is 11.5 Å². The summed E-state index contributed by atoms with van der Waals surface area (Å²) >= 11 is 0. The van der Waals surface area contributed by atoms with E-state index in [1.165, 1.54) is 0 Å². The van der Waals surface area contributed by atoms with E-state index >= 15 is 0 Å². The van der Waals surface area contributed by atoms with E-state index in [9.17, 15) is 9.90 Å². The summed E-state index contributed by atoms with van der Waals surface area (Å²) in [7, 11) is 0. The van der Waals surface area contributed by atoms with Gasteiger partial charge in [0.15, 0.2) is 0 Å². The standard InChI is InChI=1S/C18H21N3O3.ClH/c19-13-8-12(9-15(13)22)18(23)21-7-6-16-14(10-21)20-17(24-16)11-4-2-1-3-5-11;/h1-5,12-13,15,22H,6-10,19H2;1H/t12-,13+,15+;/m0./s1. The maximum atomic E-state index is 12.7. The molecule has 6 nitrogen and oxygen atoms in total. The van der Waals surface area contributed by atoms with Gasteiger partial charge in [-0.05, 0) is 25.0 Å². The average molecular weight is 364 g/mol. The van der Waals surface area contributed by atoms with Crippen molar-refractivity contribution in [2.24, 2.45) is 11.7 Å². The first-order valence-electron chi connectivity index (χ1n) is 8.38. The first-order valence-corrected chi connectivity index (χ1v) is 8.38. The Balaban J connectivity index is 0.00000182. The monoisotopic (exact) mass is 363 g/mol. The minimum atomic E-state index is -0.573. The van der Waals surface area contributed by atoms with Gasteiger partial charge in [0, 0.05) is 30.5 Å². The van der Waals surface area contributed by atoms with Crippen molar-refractivity contribution in [3.8, 4) is 11.5 Å². The fourth-order valence-corrected chi connectivity index (χ4v) is 3.60. The molecule has 1 aliphatic heterocycles. The second-order valence-corrected chi connectivity index (χ2v) is 6.66. The van der Waals surface area contributed by atoms with E-state index in [0.717, 1.165) is 17.0 Å². The summed E-state index contributed by atoms with van der Waals surface area (Å²) in [6, 6.07) is 9.47. The highest BCUT2D eigenvalue weighted by molar-refractivity contribution is 5.85. The van der Waals surface area contributed by atoms with Crippen LogP contribution in [-0.2, 0) is 17.8 Å². The number of carbonyl (C=O) groups is 1. The molecule has 1 amide bonds. The van der Waals surface area contributed by atoms with Crippen LogP contribution in [0.1, 0.15) is 24.3 Å². The van der Waals surface area contributed by atoms with Gasteiger partial charge in [-0.3, -0.25) is 4.79 Å². The Morgan fingerprint density at radius 3 is 2.72 bits per heavy atom. The van der Waals surface area contributed by atoms with Crippen molar-refractivity contribution < 1.29 is 14.3 Å².